The molecule has 1 aromatic rings. The molecular formula is C11H12N2O4. The highest BCUT2D eigenvalue weighted by Crippen LogP contribution is 2.14. The van der Waals surface area contributed by atoms with Crippen LogP contribution >= 0.6 is 0 Å². The van der Waals surface area contributed by atoms with E-state index >= 15 is 0 Å². The largest absolute Gasteiger partial charge is 0.508 e. The van der Waals surface area contributed by atoms with Gasteiger partial charge in [-0.15, -0.1) is 0 Å². The summed E-state index contributed by atoms with van der Waals surface area (Å²) in [4.78, 5) is 21.9. The number of phenols is 1. The van der Waals surface area contributed by atoms with Crippen molar-refractivity contribution in [2.75, 3.05) is 12.0 Å². The molecule has 0 saturated carbocycles. The van der Waals surface area contributed by atoms with E-state index in [1.807, 2.05) is 0 Å². The van der Waals surface area contributed by atoms with Crippen LogP contribution in [0.5, 0.6) is 5.75 Å². The fourth-order valence-corrected chi connectivity index (χ4v) is 0.991. The summed E-state index contributed by atoms with van der Waals surface area (Å²) in [5.41, 5.74) is 0.428. The summed E-state index contributed by atoms with van der Waals surface area (Å²) in [7, 11) is 0. The van der Waals surface area contributed by atoms with Gasteiger partial charge in [-0.05, 0) is 12.1 Å². The molecule has 0 radical (unpaired) electrons. The van der Waals surface area contributed by atoms with Crippen LogP contribution in [-0.4, -0.2) is 23.8 Å². The van der Waals surface area contributed by atoms with Crippen molar-refractivity contribution in [3.05, 3.63) is 36.9 Å². The van der Waals surface area contributed by atoms with Crippen molar-refractivity contribution in [2.24, 2.45) is 0 Å². The van der Waals surface area contributed by atoms with E-state index in [0.717, 1.165) is 6.08 Å². The van der Waals surface area contributed by atoms with Gasteiger partial charge < -0.3 is 20.5 Å². The molecule has 0 aliphatic heterocycles. The second-order valence-corrected chi connectivity index (χ2v) is 2.99. The van der Waals surface area contributed by atoms with Crippen LogP contribution in [0.4, 0.5) is 10.5 Å². The number of hydrogen-bond acceptors (Lipinski definition) is 4. The molecule has 0 unspecified atom stereocenters. The standard InChI is InChI=1S/C11H12N2O4/c1-2-10(15)17-7-12-11(16)13-8-4-3-5-9(14)6-8/h2-6,14H,1,7H2,(H2,12,13,16). The Bertz CT molecular complexity index is 431. The van der Waals surface area contributed by atoms with Gasteiger partial charge in [-0.3, -0.25) is 0 Å². The zero-order valence-corrected chi connectivity index (χ0v) is 8.97. The van der Waals surface area contributed by atoms with Crippen LogP contribution in [0.15, 0.2) is 36.9 Å². The Morgan fingerprint density at radius 1 is 1.47 bits per heavy atom. The van der Waals surface area contributed by atoms with Crippen molar-refractivity contribution in [2.45, 2.75) is 0 Å². The first-order valence-electron chi connectivity index (χ1n) is 4.75. The van der Waals surface area contributed by atoms with E-state index in [1.54, 1.807) is 12.1 Å². The number of ether oxygens (including phenoxy) is 1. The van der Waals surface area contributed by atoms with Crippen LogP contribution in [0.2, 0.25) is 0 Å². The van der Waals surface area contributed by atoms with E-state index in [9.17, 15) is 9.59 Å². The molecule has 1 aromatic carbocycles. The van der Waals surface area contributed by atoms with Gasteiger partial charge in [0.2, 0.25) is 0 Å². The molecule has 0 aliphatic carbocycles. The number of phenolic OH excluding ortho intramolecular Hbond substituents is 1. The topological polar surface area (TPSA) is 87.7 Å². The smallest absolute Gasteiger partial charge is 0.331 e. The summed E-state index contributed by atoms with van der Waals surface area (Å²) < 4.78 is 4.54. The molecule has 0 bridgehead atoms. The number of urea groups is 1. The van der Waals surface area contributed by atoms with Crippen LogP contribution in [0.1, 0.15) is 0 Å². The zero-order valence-electron chi connectivity index (χ0n) is 8.97. The maximum atomic E-state index is 11.3. The number of nitrogens with one attached hydrogen (secondary N) is 2. The molecule has 0 saturated heterocycles. The first-order chi connectivity index (χ1) is 8.11. The quantitative estimate of drug-likeness (QED) is 0.416. The molecule has 0 heterocycles. The highest BCUT2D eigenvalue weighted by atomic mass is 16.5. The number of hydrogen-bond donors (Lipinski definition) is 3. The van der Waals surface area contributed by atoms with Gasteiger partial charge in [0.05, 0.1) is 0 Å². The summed E-state index contributed by atoms with van der Waals surface area (Å²) in [5, 5.41) is 13.9. The van der Waals surface area contributed by atoms with E-state index < -0.39 is 12.0 Å². The van der Waals surface area contributed by atoms with Gasteiger partial charge in [-0.25, -0.2) is 9.59 Å². The van der Waals surface area contributed by atoms with E-state index in [-0.39, 0.29) is 12.5 Å². The Labute approximate surface area is 97.9 Å². The highest BCUT2D eigenvalue weighted by Gasteiger charge is 2.02. The number of benzene rings is 1. The van der Waals surface area contributed by atoms with Crippen LogP contribution in [0, 0.1) is 0 Å². The Balaban J connectivity index is 2.35. The van der Waals surface area contributed by atoms with Gasteiger partial charge in [0.25, 0.3) is 0 Å². The van der Waals surface area contributed by atoms with Crippen molar-refractivity contribution < 1.29 is 19.4 Å². The SMILES string of the molecule is C=CC(=O)OCNC(=O)Nc1cccc(O)c1. The summed E-state index contributed by atoms with van der Waals surface area (Å²) in [5.74, 6) is -0.580. The van der Waals surface area contributed by atoms with Crippen LogP contribution in [0.25, 0.3) is 0 Å². The van der Waals surface area contributed by atoms with Crippen molar-refractivity contribution in [1.29, 1.82) is 0 Å². The first-order valence-corrected chi connectivity index (χ1v) is 4.75. The molecule has 17 heavy (non-hydrogen) atoms. The minimum absolute atomic E-state index is 0.0425. The van der Waals surface area contributed by atoms with Crippen molar-refractivity contribution in [3.8, 4) is 5.75 Å². The second kappa shape index (κ2) is 6.16. The lowest BCUT2D eigenvalue weighted by Gasteiger charge is -2.07. The molecule has 1 rings (SSSR count). The Morgan fingerprint density at radius 3 is 2.88 bits per heavy atom. The van der Waals surface area contributed by atoms with Gasteiger partial charge in [0.15, 0.2) is 6.73 Å². The fraction of sp³-hybridized carbons (Fsp3) is 0.0909. The maximum absolute atomic E-state index is 11.3. The third-order valence-electron chi connectivity index (χ3n) is 1.72. The van der Waals surface area contributed by atoms with E-state index in [4.69, 9.17) is 5.11 Å². The first kappa shape index (κ1) is 12.6. The summed E-state index contributed by atoms with van der Waals surface area (Å²) in [6.45, 7) is 2.95. The number of esters is 1. The molecule has 6 heteroatoms. The Morgan fingerprint density at radius 2 is 2.24 bits per heavy atom. The molecule has 90 valence electrons. The van der Waals surface area contributed by atoms with Gasteiger partial charge in [0.1, 0.15) is 5.75 Å². The van der Waals surface area contributed by atoms with Gasteiger partial charge in [0, 0.05) is 17.8 Å². The number of carbonyl (C=O) groups is 2. The lowest BCUT2D eigenvalue weighted by Crippen LogP contribution is -2.31. The molecule has 0 atom stereocenters. The molecule has 0 fully saturated rings. The summed E-state index contributed by atoms with van der Waals surface area (Å²) in [6.07, 6.45) is 0.995. The number of anilines is 1. The van der Waals surface area contributed by atoms with Crippen LogP contribution < -0.4 is 10.6 Å². The minimum Gasteiger partial charge on any atom is -0.508 e. The molecule has 0 aromatic heterocycles. The third kappa shape index (κ3) is 4.70. The molecular weight excluding hydrogens is 224 g/mol. The van der Waals surface area contributed by atoms with Crippen LogP contribution in [-0.2, 0) is 9.53 Å². The lowest BCUT2D eigenvalue weighted by atomic mass is 10.3. The zero-order chi connectivity index (χ0) is 12.7. The van der Waals surface area contributed by atoms with E-state index in [1.165, 1.54) is 12.1 Å². The molecule has 0 aliphatic rings. The molecule has 0 spiro atoms. The normalized spacial score (nSPS) is 9.18. The third-order valence-corrected chi connectivity index (χ3v) is 1.72. The van der Waals surface area contributed by atoms with Crippen molar-refractivity contribution >= 4 is 17.7 Å². The minimum atomic E-state index is -0.623. The van der Waals surface area contributed by atoms with Crippen molar-refractivity contribution in [3.63, 3.8) is 0 Å². The maximum Gasteiger partial charge on any atom is 0.331 e. The van der Waals surface area contributed by atoms with Gasteiger partial charge in [-0.2, -0.15) is 0 Å². The monoisotopic (exact) mass is 236 g/mol. The van der Waals surface area contributed by atoms with Crippen LogP contribution in [0.3, 0.4) is 0 Å². The Hall–Kier alpha value is -2.50. The summed E-state index contributed by atoms with van der Waals surface area (Å²) >= 11 is 0. The predicted molar refractivity (Wildman–Crippen MR) is 61.4 cm³/mol. The van der Waals surface area contributed by atoms with Gasteiger partial charge in [-0.1, -0.05) is 12.6 Å². The molecule has 3 N–H and O–H groups in total. The average molecular weight is 236 g/mol. The predicted octanol–water partition coefficient (Wildman–Crippen LogP) is 1.20. The number of amides is 2. The summed E-state index contributed by atoms with van der Waals surface area (Å²) in [6, 6.07) is 5.51. The fourth-order valence-electron chi connectivity index (χ4n) is 0.991. The molecule has 6 nitrogen and oxygen atoms in total. The van der Waals surface area contributed by atoms with E-state index in [2.05, 4.69) is 21.9 Å². The van der Waals surface area contributed by atoms with Crippen molar-refractivity contribution in [1.82, 2.24) is 5.32 Å². The molecule has 2 amide bonds. The second-order valence-electron chi connectivity index (χ2n) is 2.99. The highest BCUT2D eigenvalue weighted by molar-refractivity contribution is 5.89. The lowest BCUT2D eigenvalue weighted by molar-refractivity contribution is -0.138. The average Bonchev–Trinajstić information content (AvgIpc) is 2.28. The number of carbonyl (C=O) groups excluding carboxylic acids is 2. The Kier molecular flexibility index (Phi) is 4.56. The number of aromatic hydroxyl groups is 1. The van der Waals surface area contributed by atoms with Gasteiger partial charge >= 0.3 is 12.0 Å². The number of rotatable bonds is 4. The van der Waals surface area contributed by atoms with E-state index in [0.29, 0.717) is 5.69 Å².